The largest absolute Gasteiger partial charge is 0.358 e. The third-order valence-corrected chi connectivity index (χ3v) is 7.83. The van der Waals surface area contributed by atoms with Crippen molar-refractivity contribution in [3.05, 3.63) is 91.9 Å². The van der Waals surface area contributed by atoms with Gasteiger partial charge in [-0.25, -0.2) is 0 Å². The Morgan fingerprint density at radius 1 is 0.769 bits per heavy atom. The minimum Gasteiger partial charge on any atom is -0.358 e. The van der Waals surface area contributed by atoms with Gasteiger partial charge < -0.3 is 10.3 Å². The average molecular weight is 512 g/mol. The topological polar surface area (TPSA) is 95.2 Å². The summed E-state index contributed by atoms with van der Waals surface area (Å²) in [5.41, 5.74) is 10.1. The zero-order chi connectivity index (χ0) is 26.2. The average Bonchev–Trinajstić information content (AvgIpc) is 3.62. The normalized spacial score (nSPS) is 14.2. The highest BCUT2D eigenvalue weighted by Gasteiger charge is 2.17. The number of hydrogen-bond donors (Lipinski definition) is 3. The Kier molecular flexibility index (Phi) is 5.89. The van der Waals surface area contributed by atoms with E-state index in [1.165, 1.54) is 32.1 Å². The number of aromatic nitrogens is 6. The predicted molar refractivity (Wildman–Crippen MR) is 157 cm³/mol. The molecule has 192 valence electrons. The van der Waals surface area contributed by atoms with Crippen LogP contribution in [0.1, 0.15) is 32.1 Å². The van der Waals surface area contributed by atoms with Crippen LogP contribution in [-0.4, -0.2) is 30.1 Å². The fourth-order valence-electron chi connectivity index (χ4n) is 5.74. The number of fused-ring (bicyclic) bond motifs is 2. The summed E-state index contributed by atoms with van der Waals surface area (Å²) in [7, 11) is 0. The van der Waals surface area contributed by atoms with Crippen molar-refractivity contribution in [2.75, 3.05) is 5.32 Å². The highest BCUT2D eigenvalue weighted by Crippen LogP contribution is 2.35. The monoisotopic (exact) mass is 511 g/mol. The van der Waals surface area contributed by atoms with E-state index in [0.29, 0.717) is 5.92 Å². The van der Waals surface area contributed by atoms with E-state index in [9.17, 15) is 0 Å². The molecule has 6 aromatic rings. The zero-order valence-electron chi connectivity index (χ0n) is 21.6. The van der Waals surface area contributed by atoms with Gasteiger partial charge in [-0.2, -0.15) is 5.10 Å². The summed E-state index contributed by atoms with van der Waals surface area (Å²) in [6, 6.07) is 14.7. The number of nitrogens with zero attached hydrogens (tertiary/aromatic N) is 4. The van der Waals surface area contributed by atoms with Crippen LogP contribution in [0.4, 0.5) is 5.69 Å². The number of nitrogens with one attached hydrogen (secondary N) is 3. The smallest absolute Gasteiger partial charge is 0.116 e. The highest BCUT2D eigenvalue weighted by molar-refractivity contribution is 6.01. The second kappa shape index (κ2) is 9.83. The van der Waals surface area contributed by atoms with E-state index >= 15 is 0 Å². The lowest BCUT2D eigenvalue weighted by Gasteiger charge is -2.24. The summed E-state index contributed by atoms with van der Waals surface area (Å²) in [6.45, 7) is 4.34. The van der Waals surface area contributed by atoms with Gasteiger partial charge in [-0.1, -0.05) is 31.9 Å². The standard InChI is InChI=1S/C32H29N7/c1-20(21-5-3-2-4-6-21)36-25-13-24(16-34-17-25)23-7-8-29-27(14-23)32(39-38-29)30-15-26-28(18-35-19-31(26)37-30)22-9-11-33-12-10-22/h7-19,21,36-37H,1-6H2,(H,38,39). The molecule has 1 aromatic carbocycles. The van der Waals surface area contributed by atoms with Crippen LogP contribution in [0.2, 0.25) is 0 Å². The van der Waals surface area contributed by atoms with Crippen molar-refractivity contribution < 1.29 is 0 Å². The number of rotatable bonds is 6. The lowest BCUT2D eigenvalue weighted by molar-refractivity contribution is 0.405. The van der Waals surface area contributed by atoms with Gasteiger partial charge in [0.25, 0.3) is 0 Å². The summed E-state index contributed by atoms with van der Waals surface area (Å²) in [6.07, 6.45) is 17.5. The van der Waals surface area contributed by atoms with Crippen molar-refractivity contribution in [3.63, 3.8) is 0 Å². The van der Waals surface area contributed by atoms with E-state index < -0.39 is 0 Å². The van der Waals surface area contributed by atoms with Gasteiger partial charge in [-0.15, -0.1) is 0 Å². The molecule has 39 heavy (non-hydrogen) atoms. The molecule has 1 fully saturated rings. The SMILES string of the molecule is C=C(Nc1cncc(-c2ccc3[nH]nc(-c4cc5c(-c6ccncc6)cncc5[nH]4)c3c2)c1)C1CCCCC1. The lowest BCUT2D eigenvalue weighted by Crippen LogP contribution is -2.14. The fourth-order valence-corrected chi connectivity index (χ4v) is 5.74. The minimum atomic E-state index is 0.540. The summed E-state index contributed by atoms with van der Waals surface area (Å²) < 4.78 is 0. The molecule has 7 nitrogen and oxygen atoms in total. The quantitative estimate of drug-likeness (QED) is 0.213. The van der Waals surface area contributed by atoms with Gasteiger partial charge in [0, 0.05) is 52.4 Å². The summed E-state index contributed by atoms with van der Waals surface area (Å²) >= 11 is 0. The molecule has 0 saturated heterocycles. The first-order valence-electron chi connectivity index (χ1n) is 13.5. The van der Waals surface area contributed by atoms with Crippen molar-refractivity contribution in [1.82, 2.24) is 30.1 Å². The zero-order valence-corrected chi connectivity index (χ0v) is 21.6. The fraction of sp³-hybridized carbons (Fsp3) is 0.188. The molecule has 1 aliphatic carbocycles. The molecule has 0 radical (unpaired) electrons. The molecule has 5 aromatic heterocycles. The Morgan fingerprint density at radius 3 is 2.49 bits per heavy atom. The summed E-state index contributed by atoms with van der Waals surface area (Å²) in [4.78, 5) is 16.7. The van der Waals surface area contributed by atoms with Gasteiger partial charge in [-0.05, 0) is 66.3 Å². The summed E-state index contributed by atoms with van der Waals surface area (Å²) in [5, 5.41) is 13.6. The maximum Gasteiger partial charge on any atom is 0.116 e. The van der Waals surface area contributed by atoms with Gasteiger partial charge in [-0.3, -0.25) is 20.1 Å². The van der Waals surface area contributed by atoms with Crippen LogP contribution < -0.4 is 5.32 Å². The Balaban J connectivity index is 1.23. The van der Waals surface area contributed by atoms with Gasteiger partial charge in [0.15, 0.2) is 0 Å². The molecule has 0 atom stereocenters. The number of benzene rings is 1. The van der Waals surface area contributed by atoms with Crippen LogP contribution in [-0.2, 0) is 0 Å². The minimum absolute atomic E-state index is 0.540. The van der Waals surface area contributed by atoms with Crippen molar-refractivity contribution >= 4 is 27.5 Å². The van der Waals surface area contributed by atoms with Crippen LogP contribution in [0.3, 0.4) is 0 Å². The first-order valence-corrected chi connectivity index (χ1v) is 13.5. The van der Waals surface area contributed by atoms with Crippen LogP contribution in [0.15, 0.2) is 91.9 Å². The lowest BCUT2D eigenvalue weighted by atomic mass is 9.87. The second-order valence-electron chi connectivity index (χ2n) is 10.3. The molecule has 1 saturated carbocycles. The first-order chi connectivity index (χ1) is 19.2. The van der Waals surface area contributed by atoms with Crippen LogP contribution in [0.25, 0.3) is 55.4 Å². The van der Waals surface area contributed by atoms with E-state index in [1.54, 1.807) is 12.4 Å². The second-order valence-corrected chi connectivity index (χ2v) is 10.3. The van der Waals surface area contributed by atoms with Crippen molar-refractivity contribution in [1.29, 1.82) is 0 Å². The van der Waals surface area contributed by atoms with Gasteiger partial charge in [0.05, 0.1) is 34.8 Å². The number of allylic oxidation sites excluding steroid dienone is 1. The molecule has 0 amide bonds. The Hall–Kier alpha value is -4.78. The number of pyridine rings is 3. The van der Waals surface area contributed by atoms with Crippen LogP contribution in [0.5, 0.6) is 0 Å². The van der Waals surface area contributed by atoms with Crippen molar-refractivity contribution in [3.8, 4) is 33.6 Å². The van der Waals surface area contributed by atoms with E-state index in [0.717, 1.165) is 66.8 Å². The van der Waals surface area contributed by atoms with Crippen LogP contribution >= 0.6 is 0 Å². The molecule has 5 heterocycles. The Morgan fingerprint density at radius 2 is 1.62 bits per heavy atom. The molecule has 0 spiro atoms. The molecule has 0 unspecified atom stereocenters. The molecule has 0 bridgehead atoms. The summed E-state index contributed by atoms with van der Waals surface area (Å²) in [5.74, 6) is 0.540. The molecule has 7 rings (SSSR count). The molecular weight excluding hydrogens is 482 g/mol. The van der Waals surface area contributed by atoms with Crippen molar-refractivity contribution in [2.45, 2.75) is 32.1 Å². The maximum absolute atomic E-state index is 4.68. The van der Waals surface area contributed by atoms with Gasteiger partial charge >= 0.3 is 0 Å². The maximum atomic E-state index is 4.68. The molecule has 0 aliphatic heterocycles. The highest BCUT2D eigenvalue weighted by atomic mass is 15.1. The van der Waals surface area contributed by atoms with E-state index in [2.05, 4.69) is 72.4 Å². The van der Waals surface area contributed by atoms with Crippen molar-refractivity contribution in [2.24, 2.45) is 5.92 Å². The third-order valence-electron chi connectivity index (χ3n) is 7.83. The van der Waals surface area contributed by atoms with Gasteiger partial charge in [0.1, 0.15) is 5.69 Å². The van der Waals surface area contributed by atoms with E-state index in [-0.39, 0.29) is 0 Å². The molecule has 7 heteroatoms. The van der Waals surface area contributed by atoms with Gasteiger partial charge in [0.2, 0.25) is 0 Å². The number of aromatic amines is 2. The van der Waals surface area contributed by atoms with Crippen LogP contribution in [0, 0.1) is 5.92 Å². The molecule has 1 aliphatic rings. The Labute approximate surface area is 226 Å². The number of anilines is 1. The van der Waals surface area contributed by atoms with E-state index in [4.69, 9.17) is 0 Å². The number of hydrogen-bond acceptors (Lipinski definition) is 5. The number of H-pyrrole nitrogens is 2. The van der Waals surface area contributed by atoms with E-state index in [1.807, 2.05) is 36.9 Å². The predicted octanol–water partition coefficient (Wildman–Crippen LogP) is 7.74. The first kappa shape index (κ1) is 23.3. The Bertz CT molecular complexity index is 1790. The molecule has 3 N–H and O–H groups in total. The molecular formula is C32H29N7. The third kappa shape index (κ3) is 4.46.